The molecule has 3 aromatic rings. The number of morpholine rings is 1. The summed E-state index contributed by atoms with van der Waals surface area (Å²) in [6.45, 7) is 18.9. The highest BCUT2D eigenvalue weighted by Crippen LogP contribution is 2.45. The third-order valence-corrected chi connectivity index (χ3v) is 9.47. The molecule has 9 nitrogen and oxygen atoms in total. The fourth-order valence-electron chi connectivity index (χ4n) is 6.58. The Morgan fingerprint density at radius 2 is 1.66 bits per heavy atom. The van der Waals surface area contributed by atoms with Crippen LogP contribution >= 0.6 is 0 Å². The summed E-state index contributed by atoms with van der Waals surface area (Å²) in [5.74, 6) is -0.595. The molecule has 2 aromatic carbocycles. The summed E-state index contributed by atoms with van der Waals surface area (Å²) >= 11 is 0. The molecule has 1 N–H and O–H groups in total. The molecule has 1 aromatic heterocycles. The summed E-state index contributed by atoms with van der Waals surface area (Å²) < 4.78 is 37.5. The van der Waals surface area contributed by atoms with Crippen molar-refractivity contribution < 1.29 is 33.2 Å². The molecule has 2 aliphatic heterocycles. The average molecular weight is 692 g/mol. The van der Waals surface area contributed by atoms with Crippen LogP contribution in [0.5, 0.6) is 5.75 Å². The highest BCUT2D eigenvalue weighted by Gasteiger charge is 2.37. The molecule has 0 saturated carbocycles. The first kappa shape index (κ1) is 37.7. The normalized spacial score (nSPS) is 17.5. The number of rotatable bonds is 14. The van der Waals surface area contributed by atoms with Crippen molar-refractivity contribution >= 4 is 11.7 Å². The minimum atomic E-state index is -1.21. The predicted octanol–water partition coefficient (Wildman–Crippen LogP) is 7.23. The van der Waals surface area contributed by atoms with Crippen LogP contribution in [-0.2, 0) is 32.0 Å². The molecule has 2 aliphatic rings. The molecule has 0 amide bonds. The lowest BCUT2D eigenvalue weighted by atomic mass is 9.81. The molecule has 1 atom stereocenters. The minimum Gasteiger partial charge on any atom is -0.493 e. The van der Waals surface area contributed by atoms with Gasteiger partial charge in [0, 0.05) is 56.0 Å². The molecule has 3 heterocycles. The van der Waals surface area contributed by atoms with E-state index in [4.69, 9.17) is 23.9 Å². The third kappa shape index (κ3) is 10.2. The summed E-state index contributed by atoms with van der Waals surface area (Å²) in [6.07, 6.45) is 1.38. The van der Waals surface area contributed by atoms with Crippen LogP contribution in [0.15, 0.2) is 48.5 Å². The van der Waals surface area contributed by atoms with E-state index in [1.54, 1.807) is 12.1 Å². The van der Waals surface area contributed by atoms with Gasteiger partial charge in [0.05, 0.1) is 50.0 Å². The zero-order valence-corrected chi connectivity index (χ0v) is 30.6. The van der Waals surface area contributed by atoms with Gasteiger partial charge in [-0.2, -0.15) is 0 Å². The van der Waals surface area contributed by atoms with Crippen LogP contribution in [0.3, 0.4) is 0 Å². The number of carboxylic acids is 1. The zero-order chi connectivity index (χ0) is 35.9. The quantitative estimate of drug-likeness (QED) is 0.176. The van der Waals surface area contributed by atoms with E-state index in [1.165, 1.54) is 12.1 Å². The van der Waals surface area contributed by atoms with Gasteiger partial charge in [-0.05, 0) is 81.3 Å². The number of anilines is 1. The van der Waals surface area contributed by atoms with E-state index in [-0.39, 0.29) is 17.8 Å². The predicted molar refractivity (Wildman–Crippen MR) is 193 cm³/mol. The highest BCUT2D eigenvalue weighted by molar-refractivity contribution is 5.88. The Kier molecular flexibility index (Phi) is 12.5. The van der Waals surface area contributed by atoms with Crippen molar-refractivity contribution in [1.82, 2.24) is 9.88 Å². The first-order valence-corrected chi connectivity index (χ1v) is 17.8. The van der Waals surface area contributed by atoms with Gasteiger partial charge in [-0.3, -0.25) is 9.88 Å². The van der Waals surface area contributed by atoms with Gasteiger partial charge in [-0.25, -0.2) is 9.18 Å². The van der Waals surface area contributed by atoms with E-state index in [0.717, 1.165) is 86.9 Å². The van der Waals surface area contributed by atoms with E-state index < -0.39 is 17.7 Å². The standard InChI is InChI=1S/C40H54FN3O6/c1-28-34(37(38(45)46)50-39(2,3)4)36(44-18-16-40(5,6)17-19-44)35(33(42-28)27-48-26-22-43-20-24-47-25-21-43)30-9-13-32(14-10-30)49-23-15-29-7-11-31(41)12-8-29/h7-14,37H,15-27H2,1-6H3,(H,45,46)/t37-/m0/s1. The molecule has 5 rings (SSSR count). The van der Waals surface area contributed by atoms with Gasteiger partial charge in [-0.1, -0.05) is 38.1 Å². The van der Waals surface area contributed by atoms with Gasteiger partial charge in [-0.15, -0.1) is 0 Å². The summed E-state index contributed by atoms with van der Waals surface area (Å²) in [6, 6.07) is 14.4. The van der Waals surface area contributed by atoms with Crippen molar-refractivity contribution in [1.29, 1.82) is 0 Å². The van der Waals surface area contributed by atoms with Crippen LogP contribution in [0.25, 0.3) is 11.1 Å². The summed E-state index contributed by atoms with van der Waals surface area (Å²) in [5.41, 5.74) is 5.06. The first-order chi connectivity index (χ1) is 23.8. The van der Waals surface area contributed by atoms with Crippen molar-refractivity contribution in [2.45, 2.75) is 79.1 Å². The third-order valence-electron chi connectivity index (χ3n) is 9.47. The van der Waals surface area contributed by atoms with Crippen LogP contribution in [0.4, 0.5) is 10.1 Å². The van der Waals surface area contributed by atoms with E-state index in [0.29, 0.717) is 36.6 Å². The molecule has 2 saturated heterocycles. The van der Waals surface area contributed by atoms with E-state index >= 15 is 0 Å². The Labute approximate surface area is 296 Å². The Bertz CT molecular complexity index is 1560. The fourth-order valence-corrected chi connectivity index (χ4v) is 6.58. The van der Waals surface area contributed by atoms with Crippen molar-refractivity contribution in [2.24, 2.45) is 5.41 Å². The molecule has 0 aliphatic carbocycles. The Hall–Kier alpha value is -3.57. The molecule has 50 heavy (non-hydrogen) atoms. The number of halogens is 1. The van der Waals surface area contributed by atoms with Crippen LogP contribution in [0.2, 0.25) is 0 Å². The number of benzene rings is 2. The minimum absolute atomic E-state index is 0.186. The maximum Gasteiger partial charge on any atom is 0.337 e. The molecule has 2 fully saturated rings. The number of pyridine rings is 1. The van der Waals surface area contributed by atoms with Gasteiger partial charge in [0.1, 0.15) is 11.6 Å². The second kappa shape index (κ2) is 16.6. The van der Waals surface area contributed by atoms with E-state index in [1.807, 2.05) is 52.0 Å². The van der Waals surface area contributed by atoms with Crippen molar-refractivity contribution in [2.75, 3.05) is 64.1 Å². The number of aliphatic carboxylic acids is 1. The maximum absolute atomic E-state index is 13.3. The topological polar surface area (TPSA) is 93.6 Å². The first-order valence-electron chi connectivity index (χ1n) is 17.8. The Morgan fingerprint density at radius 1 is 1.00 bits per heavy atom. The van der Waals surface area contributed by atoms with Crippen LogP contribution in [0.1, 0.15) is 76.1 Å². The monoisotopic (exact) mass is 691 g/mol. The maximum atomic E-state index is 13.3. The number of hydrogen-bond donors (Lipinski definition) is 1. The Morgan fingerprint density at radius 3 is 2.28 bits per heavy atom. The number of hydrogen-bond acceptors (Lipinski definition) is 8. The number of piperidine rings is 1. The smallest absolute Gasteiger partial charge is 0.337 e. The van der Waals surface area contributed by atoms with Crippen LogP contribution in [0, 0.1) is 18.2 Å². The number of ether oxygens (including phenoxy) is 4. The van der Waals surface area contributed by atoms with Crippen molar-refractivity contribution in [3.63, 3.8) is 0 Å². The number of aryl methyl sites for hydroxylation is 1. The molecule has 0 unspecified atom stereocenters. The van der Waals surface area contributed by atoms with Gasteiger partial charge in [0.25, 0.3) is 0 Å². The molecule has 0 bridgehead atoms. The van der Waals surface area contributed by atoms with Crippen molar-refractivity contribution in [3.8, 4) is 16.9 Å². The molecule has 10 heteroatoms. The van der Waals surface area contributed by atoms with Gasteiger partial charge in [0.2, 0.25) is 0 Å². The molecule has 0 spiro atoms. The summed E-state index contributed by atoms with van der Waals surface area (Å²) in [7, 11) is 0. The summed E-state index contributed by atoms with van der Waals surface area (Å²) in [4.78, 5) is 22.7. The van der Waals surface area contributed by atoms with E-state index in [2.05, 4.69) is 23.6 Å². The molecule has 272 valence electrons. The summed E-state index contributed by atoms with van der Waals surface area (Å²) in [5, 5.41) is 10.6. The number of carbonyl (C=O) groups is 1. The fraction of sp³-hybridized carbons (Fsp3) is 0.550. The Balaban J connectivity index is 1.52. The SMILES string of the molecule is Cc1nc(COCCN2CCOCC2)c(-c2ccc(OCCc3ccc(F)cc3)cc2)c(N2CCC(C)(C)CC2)c1[C@H](OC(C)(C)C)C(=O)O. The van der Waals surface area contributed by atoms with Gasteiger partial charge >= 0.3 is 5.97 Å². The molecule has 0 radical (unpaired) electrons. The number of aromatic nitrogens is 1. The van der Waals surface area contributed by atoms with Crippen molar-refractivity contribution in [3.05, 3.63) is 76.9 Å². The van der Waals surface area contributed by atoms with Gasteiger partial charge in [0.15, 0.2) is 6.10 Å². The largest absolute Gasteiger partial charge is 0.493 e. The highest BCUT2D eigenvalue weighted by atomic mass is 19.1. The average Bonchev–Trinajstić information content (AvgIpc) is 3.07. The zero-order valence-electron chi connectivity index (χ0n) is 30.6. The number of carboxylic acid groups (broad SMARTS) is 1. The molecular weight excluding hydrogens is 637 g/mol. The van der Waals surface area contributed by atoms with Gasteiger partial charge < -0.3 is 29.0 Å². The van der Waals surface area contributed by atoms with Crippen LogP contribution in [-0.4, -0.2) is 85.7 Å². The number of nitrogens with zero attached hydrogens (tertiary/aromatic N) is 3. The lowest BCUT2D eigenvalue weighted by Gasteiger charge is -2.41. The lowest BCUT2D eigenvalue weighted by Crippen LogP contribution is -2.39. The lowest BCUT2D eigenvalue weighted by molar-refractivity contribution is -0.160. The molecular formula is C40H54FN3O6. The van der Waals surface area contributed by atoms with E-state index in [9.17, 15) is 14.3 Å². The second-order valence-corrected chi connectivity index (χ2v) is 15.1. The van der Waals surface area contributed by atoms with Crippen LogP contribution < -0.4 is 9.64 Å². The second-order valence-electron chi connectivity index (χ2n) is 15.1.